The van der Waals surface area contributed by atoms with E-state index in [1.807, 2.05) is 18.2 Å². The lowest BCUT2D eigenvalue weighted by molar-refractivity contribution is 0.0699. The molecule has 0 spiro atoms. The fourth-order valence-electron chi connectivity index (χ4n) is 4.19. The van der Waals surface area contributed by atoms with Crippen molar-refractivity contribution in [3.05, 3.63) is 63.8 Å². The van der Waals surface area contributed by atoms with Gasteiger partial charge in [0.2, 0.25) is 0 Å². The van der Waals surface area contributed by atoms with Gasteiger partial charge in [0.05, 0.1) is 6.04 Å². The topological polar surface area (TPSA) is 99.7 Å². The van der Waals surface area contributed by atoms with Crippen molar-refractivity contribution in [2.75, 3.05) is 6.54 Å². The Morgan fingerprint density at radius 2 is 2.11 bits per heavy atom. The van der Waals surface area contributed by atoms with Crippen LogP contribution in [0.15, 0.2) is 41.6 Å². The van der Waals surface area contributed by atoms with E-state index in [4.69, 9.17) is 11.6 Å². The molecule has 1 saturated heterocycles. The number of hydrogen-bond acceptors (Lipinski definition) is 4. The molecule has 2 aromatic heterocycles. The minimum atomic E-state index is -0.353. The van der Waals surface area contributed by atoms with Crippen LogP contribution in [-0.4, -0.2) is 42.1 Å². The van der Waals surface area contributed by atoms with Crippen molar-refractivity contribution >= 4 is 17.5 Å². The van der Waals surface area contributed by atoms with Gasteiger partial charge in [0, 0.05) is 23.5 Å². The smallest absolute Gasteiger partial charge is 0.327 e. The zero-order valence-electron chi connectivity index (χ0n) is 15.0. The Bertz CT molecular complexity index is 1080. The number of amides is 1. The number of halogens is 1. The normalized spacial score (nSPS) is 22.0. The molecule has 2 fully saturated rings. The van der Waals surface area contributed by atoms with Gasteiger partial charge in [-0.2, -0.15) is 5.10 Å². The molecule has 1 saturated carbocycles. The van der Waals surface area contributed by atoms with Gasteiger partial charge in [-0.1, -0.05) is 17.7 Å². The van der Waals surface area contributed by atoms with Gasteiger partial charge in [0.1, 0.15) is 12.0 Å². The summed E-state index contributed by atoms with van der Waals surface area (Å²) < 4.78 is 1.78. The fourth-order valence-corrected chi connectivity index (χ4v) is 4.38. The van der Waals surface area contributed by atoms with E-state index in [0.29, 0.717) is 34.9 Å². The zero-order chi connectivity index (χ0) is 19.3. The largest absolute Gasteiger partial charge is 0.340 e. The molecule has 5 rings (SSSR count). The molecule has 1 amide bonds. The molecular weight excluding hydrogens is 380 g/mol. The highest BCUT2D eigenvalue weighted by molar-refractivity contribution is 6.30. The number of imidazole rings is 1. The van der Waals surface area contributed by atoms with Crippen LogP contribution in [0.1, 0.15) is 41.6 Å². The standard InChI is InChI=1S/C19H19ClN6O2/c20-12-2-1-3-13(8-12)25-9-15(21-10-25)18(27)26-7-6-14(11-4-5-11)16(26)17-22-19(28)24-23-17/h1-3,8-11,14,16H,4-7H2,(H2,22,23,24,28). The Labute approximate surface area is 165 Å². The van der Waals surface area contributed by atoms with Crippen LogP contribution in [0.25, 0.3) is 5.69 Å². The molecule has 3 heterocycles. The number of nitrogens with one attached hydrogen (secondary N) is 2. The van der Waals surface area contributed by atoms with E-state index in [1.54, 1.807) is 28.1 Å². The first-order chi connectivity index (χ1) is 13.6. The van der Waals surface area contributed by atoms with Crippen LogP contribution in [0.3, 0.4) is 0 Å². The summed E-state index contributed by atoms with van der Waals surface area (Å²) in [6.07, 6.45) is 6.56. The van der Waals surface area contributed by atoms with E-state index >= 15 is 0 Å². The lowest BCUT2D eigenvalue weighted by atomic mass is 9.94. The molecule has 0 bridgehead atoms. The van der Waals surface area contributed by atoms with Crippen molar-refractivity contribution in [1.29, 1.82) is 0 Å². The molecule has 3 aromatic rings. The van der Waals surface area contributed by atoms with Gasteiger partial charge in [-0.15, -0.1) is 0 Å². The number of H-pyrrole nitrogens is 2. The molecule has 8 nitrogen and oxygen atoms in total. The van der Waals surface area contributed by atoms with Crippen molar-refractivity contribution in [3.63, 3.8) is 0 Å². The maximum atomic E-state index is 13.2. The summed E-state index contributed by atoms with van der Waals surface area (Å²) in [7, 11) is 0. The van der Waals surface area contributed by atoms with E-state index in [9.17, 15) is 9.59 Å². The van der Waals surface area contributed by atoms with E-state index in [1.165, 1.54) is 12.8 Å². The maximum Gasteiger partial charge on any atom is 0.340 e. The van der Waals surface area contributed by atoms with E-state index in [0.717, 1.165) is 12.1 Å². The first-order valence-electron chi connectivity index (χ1n) is 9.35. The van der Waals surface area contributed by atoms with Crippen molar-refractivity contribution in [1.82, 2.24) is 29.6 Å². The number of rotatable bonds is 4. The zero-order valence-corrected chi connectivity index (χ0v) is 15.8. The maximum absolute atomic E-state index is 13.2. The summed E-state index contributed by atoms with van der Waals surface area (Å²) >= 11 is 6.06. The molecule has 2 unspecified atom stereocenters. The molecule has 9 heteroatoms. The Hall–Kier alpha value is -2.87. The molecule has 1 aliphatic heterocycles. The number of nitrogens with zero attached hydrogens (tertiary/aromatic N) is 4. The summed E-state index contributed by atoms with van der Waals surface area (Å²) in [5.74, 6) is 1.28. The van der Waals surface area contributed by atoms with Crippen LogP contribution in [0.5, 0.6) is 0 Å². The predicted molar refractivity (Wildman–Crippen MR) is 102 cm³/mol. The lowest BCUT2D eigenvalue weighted by Crippen LogP contribution is -2.33. The highest BCUT2D eigenvalue weighted by Gasteiger charge is 2.47. The Kier molecular flexibility index (Phi) is 4.08. The van der Waals surface area contributed by atoms with Gasteiger partial charge in [0.25, 0.3) is 5.91 Å². The number of aromatic amines is 2. The average Bonchev–Trinajstić information content (AvgIpc) is 3.10. The Balaban J connectivity index is 1.45. The quantitative estimate of drug-likeness (QED) is 0.705. The lowest BCUT2D eigenvalue weighted by Gasteiger charge is -2.25. The summed E-state index contributed by atoms with van der Waals surface area (Å²) in [6.45, 7) is 0.629. The third-order valence-corrected chi connectivity index (χ3v) is 5.88. The molecule has 28 heavy (non-hydrogen) atoms. The van der Waals surface area contributed by atoms with Crippen molar-refractivity contribution in [2.24, 2.45) is 11.8 Å². The summed E-state index contributed by atoms with van der Waals surface area (Å²) in [4.78, 5) is 33.7. The molecule has 1 aromatic carbocycles. The molecule has 144 valence electrons. The Morgan fingerprint density at radius 3 is 2.82 bits per heavy atom. The first-order valence-corrected chi connectivity index (χ1v) is 9.73. The second-order valence-corrected chi connectivity index (χ2v) is 7.88. The van der Waals surface area contributed by atoms with Crippen molar-refractivity contribution < 1.29 is 4.79 Å². The molecular formula is C19H19ClN6O2. The number of likely N-dealkylation sites (tertiary alicyclic amines) is 1. The van der Waals surface area contributed by atoms with Gasteiger partial charge in [-0.25, -0.2) is 14.9 Å². The van der Waals surface area contributed by atoms with Crippen LogP contribution < -0.4 is 5.69 Å². The summed E-state index contributed by atoms with van der Waals surface area (Å²) in [6, 6.07) is 7.14. The number of carbonyl (C=O) groups is 1. The van der Waals surface area contributed by atoms with Crippen molar-refractivity contribution in [3.8, 4) is 5.69 Å². The fraction of sp³-hybridized carbons (Fsp3) is 0.368. The van der Waals surface area contributed by atoms with E-state index in [2.05, 4.69) is 20.2 Å². The second kappa shape index (κ2) is 6.63. The molecule has 1 aliphatic carbocycles. The summed E-state index contributed by atoms with van der Waals surface area (Å²) in [5.41, 5.74) is 0.845. The second-order valence-electron chi connectivity index (χ2n) is 7.44. The predicted octanol–water partition coefficient (Wildman–Crippen LogP) is 2.55. The van der Waals surface area contributed by atoms with Gasteiger partial charge in [-0.05, 0) is 49.3 Å². The number of aromatic nitrogens is 5. The number of hydrogen-bond donors (Lipinski definition) is 2. The van der Waals surface area contributed by atoms with Crippen molar-refractivity contribution in [2.45, 2.75) is 25.3 Å². The SMILES string of the molecule is O=C(c1cn(-c2cccc(Cl)c2)cn1)N1CCC(C2CC2)C1c1n[nH]c(=O)[nH]1. The minimum Gasteiger partial charge on any atom is -0.327 e. The van der Waals surface area contributed by atoms with Crippen LogP contribution in [0.2, 0.25) is 5.02 Å². The van der Waals surface area contributed by atoms with Crippen LogP contribution in [0, 0.1) is 11.8 Å². The third-order valence-electron chi connectivity index (χ3n) is 5.64. The minimum absolute atomic E-state index is 0.155. The highest BCUT2D eigenvalue weighted by Crippen LogP contribution is 2.49. The first kappa shape index (κ1) is 17.2. The molecule has 0 radical (unpaired) electrons. The van der Waals surface area contributed by atoms with Gasteiger partial charge in [-0.3, -0.25) is 9.78 Å². The average molecular weight is 399 g/mol. The number of benzene rings is 1. The number of carbonyl (C=O) groups excluding carboxylic acids is 1. The third kappa shape index (κ3) is 3.03. The van der Waals surface area contributed by atoms with E-state index < -0.39 is 0 Å². The molecule has 2 aliphatic rings. The summed E-state index contributed by atoms with van der Waals surface area (Å²) in [5, 5.41) is 7.16. The van der Waals surface area contributed by atoms with E-state index in [-0.39, 0.29) is 17.6 Å². The monoisotopic (exact) mass is 398 g/mol. The van der Waals surface area contributed by atoms with Crippen LogP contribution in [-0.2, 0) is 0 Å². The van der Waals surface area contributed by atoms with Gasteiger partial charge in [0.15, 0.2) is 5.82 Å². The van der Waals surface area contributed by atoms with Crippen LogP contribution >= 0.6 is 11.6 Å². The van der Waals surface area contributed by atoms with Gasteiger partial charge >= 0.3 is 5.69 Å². The van der Waals surface area contributed by atoms with Crippen LogP contribution in [0.4, 0.5) is 0 Å². The highest BCUT2D eigenvalue weighted by atomic mass is 35.5. The molecule has 2 atom stereocenters. The Morgan fingerprint density at radius 1 is 1.25 bits per heavy atom. The van der Waals surface area contributed by atoms with Gasteiger partial charge < -0.3 is 9.47 Å². The molecule has 2 N–H and O–H groups in total.